The lowest BCUT2D eigenvalue weighted by Crippen LogP contribution is -2.41. The maximum absolute atomic E-state index is 13.4. The van der Waals surface area contributed by atoms with Crippen LogP contribution in [0.2, 0.25) is 0 Å². The number of hydrogen-bond donors (Lipinski definition) is 0. The molecule has 0 spiro atoms. The van der Waals surface area contributed by atoms with Crippen LogP contribution in [0.25, 0.3) is 11.3 Å². The Kier molecular flexibility index (Phi) is 4.03. The van der Waals surface area contributed by atoms with Gasteiger partial charge in [0, 0.05) is 12.1 Å². The van der Waals surface area contributed by atoms with Crippen molar-refractivity contribution in [3.8, 4) is 11.3 Å². The van der Waals surface area contributed by atoms with Gasteiger partial charge >= 0.3 is 6.09 Å². The highest BCUT2D eigenvalue weighted by Crippen LogP contribution is 2.24. The molecule has 0 atom stereocenters. The molecule has 1 aromatic carbocycles. The molecule has 0 bridgehead atoms. The number of halogens is 2. The Bertz CT molecular complexity index is 781. The molecule has 1 aliphatic heterocycles. The molecule has 1 amide bonds. The number of hydrogen-bond acceptors (Lipinski definition) is 3. The van der Waals surface area contributed by atoms with Crippen LogP contribution >= 0.6 is 0 Å². The molecule has 0 saturated heterocycles. The van der Waals surface area contributed by atoms with E-state index in [1.54, 1.807) is 15.6 Å². The zero-order valence-electron chi connectivity index (χ0n) is 13.8. The summed E-state index contributed by atoms with van der Waals surface area (Å²) in [6, 6.07) is 5.47. The standard InChI is InChI=1S/C17H19F2N3O2/c1-17(2,3)24-16(23)21-6-7-22-12(10-21)9-15(20-22)11-4-5-13(18)14(19)8-11/h4-5,8-9H,6-7,10H2,1-3H3. The summed E-state index contributed by atoms with van der Waals surface area (Å²) in [6.45, 7) is 6.84. The van der Waals surface area contributed by atoms with E-state index < -0.39 is 17.2 Å². The first-order valence-corrected chi connectivity index (χ1v) is 7.73. The molecule has 0 radical (unpaired) electrons. The van der Waals surface area contributed by atoms with E-state index in [0.29, 0.717) is 30.9 Å². The Morgan fingerprint density at radius 3 is 2.58 bits per heavy atom. The van der Waals surface area contributed by atoms with Gasteiger partial charge in [0.25, 0.3) is 0 Å². The Morgan fingerprint density at radius 1 is 1.17 bits per heavy atom. The fraction of sp³-hybridized carbons (Fsp3) is 0.412. The predicted octanol–water partition coefficient (Wildman–Crippen LogP) is 3.58. The van der Waals surface area contributed by atoms with Gasteiger partial charge in [0.1, 0.15) is 5.60 Å². The topological polar surface area (TPSA) is 47.4 Å². The molecular weight excluding hydrogens is 316 g/mol. The number of nitrogens with zero attached hydrogens (tertiary/aromatic N) is 3. The van der Waals surface area contributed by atoms with E-state index in [2.05, 4.69) is 5.10 Å². The SMILES string of the molecule is CC(C)(C)OC(=O)N1CCn2nc(-c3ccc(F)c(F)c3)cc2C1. The van der Waals surface area contributed by atoms with Crippen molar-refractivity contribution in [2.45, 2.75) is 39.5 Å². The minimum Gasteiger partial charge on any atom is -0.444 e. The molecule has 1 aliphatic rings. The van der Waals surface area contributed by atoms with Gasteiger partial charge in [0.05, 0.1) is 24.5 Å². The summed E-state index contributed by atoms with van der Waals surface area (Å²) >= 11 is 0. The Labute approximate surface area is 138 Å². The fourth-order valence-corrected chi connectivity index (χ4v) is 2.55. The number of ether oxygens (including phenoxy) is 1. The second-order valence-electron chi connectivity index (χ2n) is 6.77. The van der Waals surface area contributed by atoms with Crippen LogP contribution in [0.15, 0.2) is 24.3 Å². The lowest BCUT2D eigenvalue weighted by atomic mass is 10.1. The molecule has 24 heavy (non-hydrogen) atoms. The molecule has 7 heteroatoms. The van der Waals surface area contributed by atoms with E-state index in [1.807, 2.05) is 20.8 Å². The molecular formula is C17H19F2N3O2. The molecule has 0 N–H and O–H groups in total. The van der Waals surface area contributed by atoms with Gasteiger partial charge in [-0.05, 0) is 45.0 Å². The minimum absolute atomic E-state index is 0.367. The first-order chi connectivity index (χ1) is 11.2. The summed E-state index contributed by atoms with van der Waals surface area (Å²) in [5.74, 6) is -1.80. The number of aromatic nitrogens is 2. The zero-order chi connectivity index (χ0) is 17.5. The van der Waals surface area contributed by atoms with Crippen LogP contribution in [-0.2, 0) is 17.8 Å². The van der Waals surface area contributed by atoms with Crippen LogP contribution in [0.3, 0.4) is 0 Å². The molecule has 0 aliphatic carbocycles. The number of rotatable bonds is 1. The normalized spacial score (nSPS) is 14.5. The maximum Gasteiger partial charge on any atom is 0.410 e. The van der Waals surface area contributed by atoms with Crippen molar-refractivity contribution in [2.75, 3.05) is 6.54 Å². The lowest BCUT2D eigenvalue weighted by molar-refractivity contribution is 0.0194. The van der Waals surface area contributed by atoms with Crippen molar-refractivity contribution in [3.63, 3.8) is 0 Å². The summed E-state index contributed by atoms with van der Waals surface area (Å²) < 4.78 is 33.6. The molecule has 0 saturated carbocycles. The van der Waals surface area contributed by atoms with E-state index >= 15 is 0 Å². The van der Waals surface area contributed by atoms with Gasteiger partial charge in [-0.25, -0.2) is 13.6 Å². The summed E-state index contributed by atoms with van der Waals surface area (Å²) in [5.41, 5.74) is 1.33. The van der Waals surface area contributed by atoms with Crippen molar-refractivity contribution in [1.29, 1.82) is 0 Å². The highest BCUT2D eigenvalue weighted by Gasteiger charge is 2.26. The summed E-state index contributed by atoms with van der Waals surface area (Å²) in [5, 5.41) is 4.41. The van der Waals surface area contributed by atoms with E-state index in [0.717, 1.165) is 17.8 Å². The van der Waals surface area contributed by atoms with Gasteiger partial charge in [-0.3, -0.25) is 4.68 Å². The summed E-state index contributed by atoms with van der Waals surface area (Å²) in [6.07, 6.45) is -0.371. The van der Waals surface area contributed by atoms with Crippen LogP contribution < -0.4 is 0 Å². The van der Waals surface area contributed by atoms with Crippen molar-refractivity contribution < 1.29 is 18.3 Å². The van der Waals surface area contributed by atoms with Crippen molar-refractivity contribution >= 4 is 6.09 Å². The number of benzene rings is 1. The van der Waals surface area contributed by atoms with Gasteiger partial charge in [-0.2, -0.15) is 5.10 Å². The molecule has 128 valence electrons. The number of carbonyl (C=O) groups is 1. The molecule has 2 aromatic rings. The monoisotopic (exact) mass is 335 g/mol. The summed E-state index contributed by atoms with van der Waals surface area (Å²) in [4.78, 5) is 13.8. The van der Waals surface area contributed by atoms with Crippen LogP contribution in [0, 0.1) is 11.6 Å². The zero-order valence-corrected chi connectivity index (χ0v) is 13.8. The van der Waals surface area contributed by atoms with Gasteiger partial charge < -0.3 is 9.64 Å². The first kappa shape index (κ1) is 16.4. The molecule has 5 nitrogen and oxygen atoms in total. The Hall–Kier alpha value is -2.44. The lowest BCUT2D eigenvalue weighted by Gasteiger charge is -2.30. The third-order valence-corrected chi connectivity index (χ3v) is 3.66. The molecule has 0 unspecified atom stereocenters. The van der Waals surface area contributed by atoms with E-state index in [1.165, 1.54) is 6.07 Å². The van der Waals surface area contributed by atoms with Crippen molar-refractivity contribution in [1.82, 2.24) is 14.7 Å². The van der Waals surface area contributed by atoms with Crippen LogP contribution in [-0.4, -0.2) is 32.9 Å². The summed E-state index contributed by atoms with van der Waals surface area (Å²) in [7, 11) is 0. The van der Waals surface area contributed by atoms with Gasteiger partial charge in [0.2, 0.25) is 0 Å². The van der Waals surface area contributed by atoms with Crippen molar-refractivity contribution in [3.05, 3.63) is 41.6 Å². The van der Waals surface area contributed by atoms with Gasteiger partial charge in [0.15, 0.2) is 11.6 Å². The quantitative estimate of drug-likeness (QED) is 0.800. The highest BCUT2D eigenvalue weighted by atomic mass is 19.2. The second-order valence-corrected chi connectivity index (χ2v) is 6.77. The van der Waals surface area contributed by atoms with Crippen LogP contribution in [0.1, 0.15) is 26.5 Å². The minimum atomic E-state index is -0.908. The Morgan fingerprint density at radius 2 is 1.92 bits per heavy atom. The van der Waals surface area contributed by atoms with Crippen molar-refractivity contribution in [2.24, 2.45) is 0 Å². The van der Waals surface area contributed by atoms with E-state index in [-0.39, 0.29) is 6.09 Å². The molecule has 0 fully saturated rings. The number of carbonyl (C=O) groups excluding carboxylic acids is 1. The largest absolute Gasteiger partial charge is 0.444 e. The third kappa shape index (κ3) is 3.39. The van der Waals surface area contributed by atoms with Crippen LogP contribution in [0.5, 0.6) is 0 Å². The molecule has 3 rings (SSSR count). The maximum atomic E-state index is 13.4. The molecule has 2 heterocycles. The third-order valence-electron chi connectivity index (χ3n) is 3.66. The van der Waals surface area contributed by atoms with E-state index in [4.69, 9.17) is 4.74 Å². The number of amides is 1. The van der Waals surface area contributed by atoms with Gasteiger partial charge in [-0.15, -0.1) is 0 Å². The molecule has 1 aromatic heterocycles. The first-order valence-electron chi connectivity index (χ1n) is 7.73. The van der Waals surface area contributed by atoms with Crippen LogP contribution in [0.4, 0.5) is 13.6 Å². The predicted molar refractivity (Wildman–Crippen MR) is 84.2 cm³/mol. The highest BCUT2D eigenvalue weighted by molar-refractivity contribution is 5.68. The number of fused-ring (bicyclic) bond motifs is 1. The fourth-order valence-electron chi connectivity index (χ4n) is 2.55. The smallest absolute Gasteiger partial charge is 0.410 e. The Balaban J connectivity index is 1.79. The van der Waals surface area contributed by atoms with E-state index in [9.17, 15) is 13.6 Å². The second kappa shape index (κ2) is 5.89. The average Bonchev–Trinajstić information content (AvgIpc) is 2.91. The van der Waals surface area contributed by atoms with Gasteiger partial charge in [-0.1, -0.05) is 0 Å². The average molecular weight is 335 g/mol.